The van der Waals surface area contributed by atoms with E-state index in [0.717, 1.165) is 13.0 Å². The average molecular weight is 313 g/mol. The lowest BCUT2D eigenvalue weighted by Gasteiger charge is -2.18. The van der Waals surface area contributed by atoms with Gasteiger partial charge in [-0.15, -0.1) is 0 Å². The molecule has 22 heavy (non-hydrogen) atoms. The Balaban J connectivity index is 1.98. The fraction of sp³-hybridized carbons (Fsp3) is 0.692. The summed E-state index contributed by atoms with van der Waals surface area (Å²) < 4.78 is 6.77. The van der Waals surface area contributed by atoms with Crippen molar-refractivity contribution in [1.29, 1.82) is 0 Å². The molecule has 9 nitrogen and oxygen atoms in total. The minimum absolute atomic E-state index is 0.0639. The highest BCUT2D eigenvalue weighted by Crippen LogP contribution is 2.31. The van der Waals surface area contributed by atoms with Crippen molar-refractivity contribution >= 4 is 0 Å². The molecule has 0 amide bonds. The van der Waals surface area contributed by atoms with Gasteiger partial charge in [0.15, 0.2) is 0 Å². The fourth-order valence-electron chi connectivity index (χ4n) is 3.01. The van der Waals surface area contributed by atoms with Crippen molar-refractivity contribution in [3.63, 3.8) is 0 Å². The lowest BCUT2D eigenvalue weighted by atomic mass is 10.0. The zero-order chi connectivity index (χ0) is 15.9. The number of aromatic amines is 1. The number of rotatable bonds is 3. The quantitative estimate of drug-likeness (QED) is 0.407. The van der Waals surface area contributed by atoms with E-state index in [4.69, 9.17) is 9.84 Å². The minimum Gasteiger partial charge on any atom is -0.394 e. The van der Waals surface area contributed by atoms with E-state index >= 15 is 0 Å². The number of hydrogen-bond acceptors (Lipinski definition) is 7. The van der Waals surface area contributed by atoms with Crippen LogP contribution in [0.4, 0.5) is 0 Å². The van der Waals surface area contributed by atoms with Gasteiger partial charge in [-0.1, -0.05) is 0 Å². The van der Waals surface area contributed by atoms with E-state index in [1.807, 2.05) is 0 Å². The van der Waals surface area contributed by atoms with Gasteiger partial charge in [-0.2, -0.15) is 0 Å². The Morgan fingerprint density at radius 1 is 1.32 bits per heavy atom. The predicted octanol–water partition coefficient (Wildman–Crippen LogP) is -2.77. The smallest absolute Gasteiger partial charge is 0.328 e. The first-order valence-electron chi connectivity index (χ1n) is 7.21. The predicted molar refractivity (Wildman–Crippen MR) is 74.6 cm³/mol. The molecule has 3 rings (SSSR count). The topological polar surface area (TPSA) is 137 Å². The highest BCUT2D eigenvalue weighted by Gasteiger charge is 2.44. The maximum absolute atomic E-state index is 12.0. The SMILES string of the molecule is O=c1[nH]c(=O)n(C2CCNC2)cc1[C@@H]1O[C@H](CO)C(O)C1O. The van der Waals surface area contributed by atoms with Crippen molar-refractivity contribution in [3.8, 4) is 0 Å². The van der Waals surface area contributed by atoms with Crippen LogP contribution in [0, 0.1) is 0 Å². The molecule has 2 fully saturated rings. The molecule has 0 aliphatic carbocycles. The van der Waals surface area contributed by atoms with Crippen LogP contribution < -0.4 is 16.6 Å². The molecule has 0 spiro atoms. The van der Waals surface area contributed by atoms with Crippen molar-refractivity contribution in [1.82, 2.24) is 14.9 Å². The maximum Gasteiger partial charge on any atom is 0.328 e. The van der Waals surface area contributed by atoms with Crippen LogP contribution in [-0.4, -0.2) is 62.9 Å². The molecular weight excluding hydrogens is 294 g/mol. The maximum atomic E-state index is 12.0. The summed E-state index contributed by atoms with van der Waals surface area (Å²) in [5, 5.41) is 32.1. The van der Waals surface area contributed by atoms with Crippen LogP contribution in [0.3, 0.4) is 0 Å². The van der Waals surface area contributed by atoms with E-state index in [1.54, 1.807) is 0 Å². The molecule has 2 aliphatic heterocycles. The second kappa shape index (κ2) is 5.94. The van der Waals surface area contributed by atoms with E-state index < -0.39 is 42.3 Å². The van der Waals surface area contributed by atoms with Gasteiger partial charge in [0.25, 0.3) is 5.56 Å². The average Bonchev–Trinajstić information content (AvgIpc) is 3.10. The van der Waals surface area contributed by atoms with Gasteiger partial charge in [-0.3, -0.25) is 14.3 Å². The summed E-state index contributed by atoms with van der Waals surface area (Å²) >= 11 is 0. The summed E-state index contributed by atoms with van der Waals surface area (Å²) in [5.74, 6) is 0. The zero-order valence-electron chi connectivity index (χ0n) is 11.8. The Morgan fingerprint density at radius 2 is 2.09 bits per heavy atom. The molecule has 3 unspecified atom stereocenters. The number of hydrogen-bond donors (Lipinski definition) is 5. The number of H-pyrrole nitrogens is 1. The summed E-state index contributed by atoms with van der Waals surface area (Å²) in [6.07, 6.45) is -2.56. The molecule has 2 saturated heterocycles. The Hall–Kier alpha value is -1.52. The number of aliphatic hydroxyl groups is 3. The number of aliphatic hydroxyl groups excluding tert-OH is 3. The van der Waals surface area contributed by atoms with E-state index in [-0.39, 0.29) is 11.6 Å². The summed E-state index contributed by atoms with van der Waals surface area (Å²) in [6.45, 7) is 0.916. The van der Waals surface area contributed by atoms with Crippen molar-refractivity contribution in [2.24, 2.45) is 0 Å². The van der Waals surface area contributed by atoms with Gasteiger partial charge in [0.1, 0.15) is 24.4 Å². The van der Waals surface area contributed by atoms with E-state index in [2.05, 4.69) is 10.3 Å². The molecule has 9 heteroatoms. The Kier molecular flexibility index (Phi) is 4.15. The second-order valence-corrected chi connectivity index (χ2v) is 5.66. The van der Waals surface area contributed by atoms with Crippen molar-refractivity contribution in [2.75, 3.05) is 19.7 Å². The molecule has 2 aliphatic rings. The van der Waals surface area contributed by atoms with Gasteiger partial charge in [0, 0.05) is 12.7 Å². The van der Waals surface area contributed by atoms with E-state index in [0.29, 0.717) is 6.54 Å². The second-order valence-electron chi connectivity index (χ2n) is 5.66. The number of aromatic nitrogens is 2. The van der Waals surface area contributed by atoms with Gasteiger partial charge in [0.05, 0.1) is 18.2 Å². The number of nitrogens with zero attached hydrogens (tertiary/aromatic N) is 1. The van der Waals surface area contributed by atoms with Crippen molar-refractivity contribution in [3.05, 3.63) is 32.6 Å². The summed E-state index contributed by atoms with van der Waals surface area (Å²) in [6, 6.07) is -0.0831. The highest BCUT2D eigenvalue weighted by atomic mass is 16.6. The van der Waals surface area contributed by atoms with Crippen molar-refractivity contribution < 1.29 is 20.1 Å². The number of nitrogens with one attached hydrogen (secondary N) is 2. The van der Waals surface area contributed by atoms with Gasteiger partial charge in [0.2, 0.25) is 0 Å². The lowest BCUT2D eigenvalue weighted by Crippen LogP contribution is -2.37. The fourth-order valence-corrected chi connectivity index (χ4v) is 3.01. The zero-order valence-corrected chi connectivity index (χ0v) is 11.8. The van der Waals surface area contributed by atoms with Crippen LogP contribution in [0.15, 0.2) is 15.8 Å². The molecule has 5 atom stereocenters. The molecule has 122 valence electrons. The van der Waals surface area contributed by atoms with Crippen molar-refractivity contribution in [2.45, 2.75) is 36.9 Å². The molecule has 1 aromatic heterocycles. The third kappa shape index (κ3) is 2.50. The summed E-state index contributed by atoms with van der Waals surface area (Å²) in [5.41, 5.74) is -1.12. The number of ether oxygens (including phenoxy) is 1. The lowest BCUT2D eigenvalue weighted by molar-refractivity contribution is -0.0233. The normalized spacial score (nSPS) is 35.1. The van der Waals surface area contributed by atoms with E-state index in [9.17, 15) is 19.8 Å². The van der Waals surface area contributed by atoms with Crippen LogP contribution in [0.5, 0.6) is 0 Å². The minimum atomic E-state index is -1.34. The largest absolute Gasteiger partial charge is 0.394 e. The standard InChI is InChI=1S/C13H19N3O6/c17-5-8-9(18)10(19)11(22-8)7-4-16(6-1-2-14-3-6)13(21)15-12(7)20/h4,6,8-11,14,17-19H,1-3,5H2,(H,15,20,21)/t6?,8-,9?,10?,11+/m1/s1. The first-order valence-corrected chi connectivity index (χ1v) is 7.21. The molecule has 0 bridgehead atoms. The van der Waals surface area contributed by atoms with Gasteiger partial charge >= 0.3 is 5.69 Å². The third-order valence-electron chi connectivity index (χ3n) is 4.27. The molecule has 0 saturated carbocycles. The van der Waals surface area contributed by atoms with E-state index in [1.165, 1.54) is 10.8 Å². The van der Waals surface area contributed by atoms with Gasteiger partial charge < -0.3 is 25.4 Å². The first-order chi connectivity index (χ1) is 10.5. The Labute approximate surface area is 125 Å². The Morgan fingerprint density at radius 3 is 2.68 bits per heavy atom. The summed E-state index contributed by atoms with van der Waals surface area (Å²) in [4.78, 5) is 26.2. The first kappa shape index (κ1) is 15.4. The third-order valence-corrected chi connectivity index (χ3v) is 4.27. The monoisotopic (exact) mass is 313 g/mol. The van der Waals surface area contributed by atoms with Crippen LogP contribution in [0.25, 0.3) is 0 Å². The molecule has 5 N–H and O–H groups in total. The molecule has 0 radical (unpaired) electrons. The summed E-state index contributed by atoms with van der Waals surface area (Å²) in [7, 11) is 0. The van der Waals surface area contributed by atoms with Crippen LogP contribution >= 0.6 is 0 Å². The van der Waals surface area contributed by atoms with Crippen LogP contribution in [0.2, 0.25) is 0 Å². The van der Waals surface area contributed by atoms with Gasteiger partial charge in [-0.25, -0.2) is 4.79 Å². The molecular formula is C13H19N3O6. The highest BCUT2D eigenvalue weighted by molar-refractivity contribution is 5.15. The van der Waals surface area contributed by atoms with Gasteiger partial charge in [-0.05, 0) is 13.0 Å². The van der Waals surface area contributed by atoms with Crippen LogP contribution in [0.1, 0.15) is 24.1 Å². The molecule has 3 heterocycles. The molecule has 1 aromatic rings. The Bertz CT molecular complexity index is 650. The van der Waals surface area contributed by atoms with Crippen LogP contribution in [-0.2, 0) is 4.74 Å². The molecule has 0 aromatic carbocycles.